The Morgan fingerprint density at radius 1 is 0.765 bits per heavy atom. The first-order chi connectivity index (χ1) is 16.4. The van der Waals surface area contributed by atoms with E-state index in [1.54, 1.807) is 21.3 Å². The number of ether oxygens (including phenoxy) is 3. The third-order valence-electron chi connectivity index (χ3n) is 4.99. The number of rotatable bonds is 9. The fourth-order valence-electron chi connectivity index (χ4n) is 3.38. The van der Waals surface area contributed by atoms with Crippen LogP contribution >= 0.6 is 0 Å². The molecule has 0 radical (unpaired) electrons. The van der Waals surface area contributed by atoms with Crippen molar-refractivity contribution in [1.82, 2.24) is 5.32 Å². The summed E-state index contributed by atoms with van der Waals surface area (Å²) in [6, 6.07) is 25.1. The van der Waals surface area contributed by atoms with Gasteiger partial charge < -0.3 is 29.7 Å². The fourth-order valence-corrected chi connectivity index (χ4v) is 3.38. The molecule has 0 heterocycles. The molecule has 0 aliphatic rings. The van der Waals surface area contributed by atoms with Crippen LogP contribution in [-0.2, 0) is 22.6 Å². The van der Waals surface area contributed by atoms with Gasteiger partial charge in [0.15, 0.2) is 11.5 Å². The van der Waals surface area contributed by atoms with Gasteiger partial charge in [0.05, 0.1) is 21.3 Å². The normalized spacial score (nSPS) is 10.9. The molecule has 1 atom stereocenters. The molecule has 1 unspecified atom stereocenters. The van der Waals surface area contributed by atoms with E-state index in [-0.39, 0.29) is 6.04 Å². The lowest BCUT2D eigenvalue weighted by molar-refractivity contribution is -0.159. The molecule has 8 nitrogen and oxygen atoms in total. The molecule has 0 bridgehead atoms. The molecule has 3 aromatic rings. The zero-order valence-corrected chi connectivity index (χ0v) is 19.4. The van der Waals surface area contributed by atoms with Crippen LogP contribution in [0.4, 0.5) is 0 Å². The Labute approximate surface area is 198 Å². The van der Waals surface area contributed by atoms with Crippen molar-refractivity contribution in [3.05, 3.63) is 89.5 Å². The topological polar surface area (TPSA) is 114 Å². The number of methoxy groups -OCH3 is 3. The van der Waals surface area contributed by atoms with E-state index in [0.29, 0.717) is 23.8 Å². The summed E-state index contributed by atoms with van der Waals surface area (Å²) >= 11 is 0. The highest BCUT2D eigenvalue weighted by Crippen LogP contribution is 2.39. The van der Waals surface area contributed by atoms with E-state index in [0.717, 1.165) is 12.0 Å². The summed E-state index contributed by atoms with van der Waals surface area (Å²) in [6.07, 6.45) is 0.903. The lowest BCUT2D eigenvalue weighted by Crippen LogP contribution is -2.23. The molecule has 3 aromatic carbocycles. The van der Waals surface area contributed by atoms with Gasteiger partial charge in [0.2, 0.25) is 5.75 Å². The van der Waals surface area contributed by atoms with Crippen LogP contribution in [0.1, 0.15) is 22.7 Å². The van der Waals surface area contributed by atoms with Gasteiger partial charge in [0, 0.05) is 18.2 Å². The maximum absolute atomic E-state index is 9.10. The van der Waals surface area contributed by atoms with Gasteiger partial charge in [-0.2, -0.15) is 0 Å². The molecule has 0 aliphatic heterocycles. The van der Waals surface area contributed by atoms with Crippen LogP contribution in [-0.4, -0.2) is 43.5 Å². The van der Waals surface area contributed by atoms with Gasteiger partial charge in [-0.15, -0.1) is 0 Å². The molecule has 8 heteroatoms. The lowest BCUT2D eigenvalue weighted by Gasteiger charge is -2.21. The van der Waals surface area contributed by atoms with Crippen molar-refractivity contribution < 1.29 is 34.0 Å². The highest BCUT2D eigenvalue weighted by molar-refractivity contribution is 6.27. The molecular formula is C26H29NO7. The maximum Gasteiger partial charge on any atom is 0.414 e. The number of carboxylic acids is 2. The Morgan fingerprint density at radius 3 is 1.82 bits per heavy atom. The predicted octanol–water partition coefficient (Wildman–Crippen LogP) is 3.94. The predicted molar refractivity (Wildman–Crippen MR) is 128 cm³/mol. The fraction of sp³-hybridized carbons (Fsp3) is 0.231. The summed E-state index contributed by atoms with van der Waals surface area (Å²) in [5, 5.41) is 18.5. The van der Waals surface area contributed by atoms with Crippen LogP contribution < -0.4 is 19.5 Å². The Morgan fingerprint density at radius 2 is 1.32 bits per heavy atom. The van der Waals surface area contributed by atoms with E-state index >= 15 is 0 Å². The molecule has 0 amide bonds. The minimum absolute atomic E-state index is 0.182. The summed E-state index contributed by atoms with van der Waals surface area (Å²) in [7, 11) is 4.90. The first-order valence-corrected chi connectivity index (χ1v) is 10.5. The van der Waals surface area contributed by atoms with Gasteiger partial charge in [0.25, 0.3) is 0 Å². The first-order valence-electron chi connectivity index (χ1n) is 10.5. The smallest absolute Gasteiger partial charge is 0.414 e. The molecule has 34 heavy (non-hydrogen) atoms. The molecule has 180 valence electrons. The van der Waals surface area contributed by atoms with Crippen molar-refractivity contribution in [1.29, 1.82) is 0 Å². The van der Waals surface area contributed by atoms with Crippen LogP contribution in [0.2, 0.25) is 0 Å². The number of aliphatic carboxylic acids is 2. The summed E-state index contributed by atoms with van der Waals surface area (Å²) in [6.45, 7) is 0.649. The first kappa shape index (κ1) is 26.2. The average Bonchev–Trinajstić information content (AvgIpc) is 2.87. The number of nitrogens with one attached hydrogen (secondary N) is 1. The largest absolute Gasteiger partial charge is 0.493 e. The van der Waals surface area contributed by atoms with Crippen molar-refractivity contribution in [3.8, 4) is 17.2 Å². The SMILES string of the molecule is COc1ccc(CNC(Cc2ccccc2)c2ccccc2)c(OC)c1OC.O=C(O)C(=O)O. The number of carbonyl (C=O) groups is 2. The van der Waals surface area contributed by atoms with Crippen LogP contribution in [0.15, 0.2) is 72.8 Å². The number of hydrogen-bond acceptors (Lipinski definition) is 6. The third kappa shape index (κ3) is 7.53. The van der Waals surface area contributed by atoms with Crippen molar-refractivity contribution in [2.24, 2.45) is 0 Å². The minimum Gasteiger partial charge on any atom is -0.493 e. The molecule has 0 fully saturated rings. The van der Waals surface area contributed by atoms with Crippen molar-refractivity contribution >= 4 is 11.9 Å². The van der Waals surface area contributed by atoms with E-state index in [1.165, 1.54) is 11.1 Å². The summed E-state index contributed by atoms with van der Waals surface area (Å²) in [4.78, 5) is 18.2. The lowest BCUT2D eigenvalue weighted by atomic mass is 9.98. The molecule has 3 rings (SSSR count). The van der Waals surface area contributed by atoms with Crippen LogP contribution in [0.3, 0.4) is 0 Å². The number of carboxylic acid groups (broad SMARTS) is 2. The zero-order chi connectivity index (χ0) is 24.9. The number of hydrogen-bond donors (Lipinski definition) is 3. The quantitative estimate of drug-likeness (QED) is 0.406. The highest BCUT2D eigenvalue weighted by atomic mass is 16.5. The molecule has 0 saturated heterocycles. The van der Waals surface area contributed by atoms with Crippen molar-refractivity contribution in [3.63, 3.8) is 0 Å². The average molecular weight is 468 g/mol. The van der Waals surface area contributed by atoms with Gasteiger partial charge >= 0.3 is 11.9 Å². The molecule has 3 N–H and O–H groups in total. The van der Waals surface area contributed by atoms with E-state index < -0.39 is 11.9 Å². The third-order valence-corrected chi connectivity index (χ3v) is 4.99. The Hall–Kier alpha value is -4.04. The second kappa shape index (κ2) is 13.5. The summed E-state index contributed by atoms with van der Waals surface area (Å²) in [5.74, 6) is -1.68. The van der Waals surface area contributed by atoms with Gasteiger partial charge in [-0.25, -0.2) is 9.59 Å². The van der Waals surface area contributed by atoms with Crippen LogP contribution in [0.5, 0.6) is 17.2 Å². The second-order valence-corrected chi connectivity index (χ2v) is 7.14. The second-order valence-electron chi connectivity index (χ2n) is 7.14. The van der Waals surface area contributed by atoms with E-state index in [4.69, 9.17) is 34.0 Å². The monoisotopic (exact) mass is 467 g/mol. The maximum atomic E-state index is 9.10. The standard InChI is InChI=1S/C24H27NO3.C2H2O4/c1-26-22-15-14-20(23(27-2)24(22)28-3)17-25-21(19-12-8-5-9-13-19)16-18-10-6-4-7-11-18;3-1(4)2(5)6/h4-15,21,25H,16-17H2,1-3H3;(H,3,4)(H,5,6). The van der Waals surface area contributed by atoms with Crippen LogP contribution in [0, 0.1) is 0 Å². The molecule has 0 aliphatic carbocycles. The zero-order valence-electron chi connectivity index (χ0n) is 19.4. The van der Waals surface area contributed by atoms with Crippen molar-refractivity contribution in [2.75, 3.05) is 21.3 Å². The van der Waals surface area contributed by atoms with E-state index in [9.17, 15) is 0 Å². The van der Waals surface area contributed by atoms with Gasteiger partial charge in [0.1, 0.15) is 0 Å². The van der Waals surface area contributed by atoms with Gasteiger partial charge in [-0.1, -0.05) is 66.7 Å². The molecule has 0 saturated carbocycles. The van der Waals surface area contributed by atoms with Gasteiger partial charge in [-0.05, 0) is 23.6 Å². The summed E-state index contributed by atoms with van der Waals surface area (Å²) in [5.41, 5.74) is 3.57. The Balaban J connectivity index is 0.000000604. The van der Waals surface area contributed by atoms with Crippen LogP contribution in [0.25, 0.3) is 0 Å². The number of benzene rings is 3. The van der Waals surface area contributed by atoms with E-state index in [2.05, 4.69) is 53.8 Å². The van der Waals surface area contributed by atoms with E-state index in [1.807, 2.05) is 24.3 Å². The van der Waals surface area contributed by atoms with Gasteiger partial charge in [-0.3, -0.25) is 0 Å². The summed E-state index contributed by atoms with van der Waals surface area (Å²) < 4.78 is 16.5. The Bertz CT molecular complexity index is 1040. The van der Waals surface area contributed by atoms with Crippen molar-refractivity contribution in [2.45, 2.75) is 19.0 Å². The molecular weight excluding hydrogens is 438 g/mol. The Kier molecular flexibility index (Phi) is 10.4. The molecule has 0 aromatic heterocycles. The minimum atomic E-state index is -1.82. The molecule has 0 spiro atoms. The highest BCUT2D eigenvalue weighted by Gasteiger charge is 2.18.